The molecule has 0 aliphatic carbocycles. The van der Waals surface area contributed by atoms with Gasteiger partial charge in [-0.15, -0.1) is 0 Å². The van der Waals surface area contributed by atoms with Gasteiger partial charge in [0.15, 0.2) is 0 Å². The Hall–Kier alpha value is -2.43. The van der Waals surface area contributed by atoms with E-state index in [0.717, 1.165) is 11.3 Å². The average molecular weight is 372 g/mol. The van der Waals surface area contributed by atoms with E-state index in [1.54, 1.807) is 28.7 Å². The van der Waals surface area contributed by atoms with Crippen LogP contribution in [0, 0.1) is 18.3 Å². The Morgan fingerprint density at radius 1 is 1.26 bits per heavy atom. The summed E-state index contributed by atoms with van der Waals surface area (Å²) in [6.45, 7) is 6.57. The molecule has 1 heterocycles. The smallest absolute Gasteiger partial charge is 0.244 e. The second kappa shape index (κ2) is 10.0. The van der Waals surface area contributed by atoms with Gasteiger partial charge in [-0.25, -0.2) is 0 Å². The van der Waals surface area contributed by atoms with Crippen molar-refractivity contribution in [3.8, 4) is 6.07 Å². The predicted octanol–water partition coefficient (Wildman–Crippen LogP) is 1.42. The van der Waals surface area contributed by atoms with E-state index in [1.807, 2.05) is 31.2 Å². The second-order valence-corrected chi connectivity index (χ2v) is 6.82. The number of nitrogens with zero attached hydrogens (tertiary/aromatic N) is 4. The van der Waals surface area contributed by atoms with E-state index < -0.39 is 6.04 Å². The minimum atomic E-state index is -0.477. The van der Waals surface area contributed by atoms with Crippen molar-refractivity contribution >= 4 is 17.5 Å². The van der Waals surface area contributed by atoms with E-state index in [4.69, 9.17) is 10.00 Å². The summed E-state index contributed by atoms with van der Waals surface area (Å²) in [5.41, 5.74) is 1.87. The maximum absolute atomic E-state index is 13.1. The number of aryl methyl sites for hydroxylation is 1. The van der Waals surface area contributed by atoms with Crippen molar-refractivity contribution in [2.75, 3.05) is 51.3 Å². The molecule has 1 saturated heterocycles. The summed E-state index contributed by atoms with van der Waals surface area (Å²) in [5, 5.41) is 8.94. The van der Waals surface area contributed by atoms with Crippen molar-refractivity contribution in [2.24, 2.45) is 0 Å². The van der Waals surface area contributed by atoms with Gasteiger partial charge in [0.25, 0.3) is 0 Å². The molecule has 146 valence electrons. The van der Waals surface area contributed by atoms with Crippen molar-refractivity contribution in [2.45, 2.75) is 26.3 Å². The minimum absolute atomic E-state index is 0.000592. The Kier molecular flexibility index (Phi) is 7.77. The molecule has 1 aromatic carbocycles. The highest BCUT2D eigenvalue weighted by Gasteiger charge is 2.27. The first-order valence-electron chi connectivity index (χ1n) is 9.24. The van der Waals surface area contributed by atoms with Crippen LogP contribution in [-0.4, -0.2) is 74.1 Å². The minimum Gasteiger partial charge on any atom is -0.378 e. The van der Waals surface area contributed by atoms with Crippen LogP contribution in [0.3, 0.4) is 0 Å². The lowest BCUT2D eigenvalue weighted by Crippen LogP contribution is -2.51. The molecule has 0 saturated carbocycles. The zero-order chi connectivity index (χ0) is 19.8. The number of carbonyl (C=O) groups is 2. The summed E-state index contributed by atoms with van der Waals surface area (Å²) in [5.74, 6) is -0.120. The number of anilines is 1. The number of likely N-dealkylation sites (N-methyl/N-ethyl adjacent to an activating group) is 1. The molecule has 1 aliphatic heterocycles. The molecular weight excluding hydrogens is 344 g/mol. The van der Waals surface area contributed by atoms with Gasteiger partial charge in [0.1, 0.15) is 0 Å². The van der Waals surface area contributed by atoms with Gasteiger partial charge in [0.05, 0.1) is 38.3 Å². The summed E-state index contributed by atoms with van der Waals surface area (Å²) in [6.07, 6.45) is 0.253. The molecule has 0 aromatic heterocycles. The lowest BCUT2D eigenvalue weighted by Gasteiger charge is -2.32. The van der Waals surface area contributed by atoms with Crippen LogP contribution < -0.4 is 4.90 Å². The lowest BCUT2D eigenvalue weighted by molar-refractivity contribution is -0.137. The van der Waals surface area contributed by atoms with Crippen molar-refractivity contribution in [3.05, 3.63) is 29.8 Å². The zero-order valence-corrected chi connectivity index (χ0v) is 16.4. The maximum atomic E-state index is 13.1. The molecule has 27 heavy (non-hydrogen) atoms. The van der Waals surface area contributed by atoms with Crippen LogP contribution in [-0.2, 0) is 14.3 Å². The topological polar surface area (TPSA) is 76.9 Å². The Morgan fingerprint density at radius 2 is 1.89 bits per heavy atom. The van der Waals surface area contributed by atoms with Gasteiger partial charge < -0.3 is 14.5 Å². The van der Waals surface area contributed by atoms with Gasteiger partial charge in [-0.2, -0.15) is 5.26 Å². The number of carbonyl (C=O) groups excluding carboxylic acids is 2. The molecule has 0 radical (unpaired) electrons. The molecule has 7 nitrogen and oxygen atoms in total. The number of benzene rings is 1. The van der Waals surface area contributed by atoms with E-state index in [0.29, 0.717) is 32.8 Å². The molecular formula is C20H28N4O3. The zero-order valence-electron chi connectivity index (χ0n) is 16.4. The first kappa shape index (κ1) is 20.9. The van der Waals surface area contributed by atoms with Gasteiger partial charge in [-0.05, 0) is 33.0 Å². The summed E-state index contributed by atoms with van der Waals surface area (Å²) >= 11 is 0. The predicted molar refractivity (Wildman–Crippen MR) is 103 cm³/mol. The summed E-state index contributed by atoms with van der Waals surface area (Å²) in [6, 6.07) is 9.28. The number of nitriles is 1. The molecule has 2 amide bonds. The van der Waals surface area contributed by atoms with Crippen LogP contribution in [0.4, 0.5) is 5.69 Å². The standard InChI is InChI=1S/C20H28N4O3/c1-16-5-7-18(8-6-16)24(10-4-9-21)20(26)17(2)22(3)15-19(25)23-11-13-27-14-12-23/h5-8,17H,4,10-15H2,1-3H3. The quantitative estimate of drug-likeness (QED) is 0.723. The summed E-state index contributed by atoms with van der Waals surface area (Å²) in [7, 11) is 1.78. The van der Waals surface area contributed by atoms with Gasteiger partial charge in [-0.3, -0.25) is 14.5 Å². The third-order valence-electron chi connectivity index (χ3n) is 4.83. The number of rotatable bonds is 7. The van der Waals surface area contributed by atoms with Gasteiger partial charge >= 0.3 is 0 Å². The van der Waals surface area contributed by atoms with Crippen LogP contribution in [0.1, 0.15) is 18.9 Å². The van der Waals surface area contributed by atoms with Crippen molar-refractivity contribution in [3.63, 3.8) is 0 Å². The molecule has 1 aliphatic rings. The van der Waals surface area contributed by atoms with E-state index in [1.165, 1.54) is 0 Å². The van der Waals surface area contributed by atoms with Crippen molar-refractivity contribution < 1.29 is 14.3 Å². The van der Waals surface area contributed by atoms with Crippen LogP contribution in [0.5, 0.6) is 0 Å². The molecule has 0 bridgehead atoms. The number of ether oxygens (including phenoxy) is 1. The lowest BCUT2D eigenvalue weighted by atomic mass is 10.1. The molecule has 7 heteroatoms. The van der Waals surface area contributed by atoms with Gasteiger partial charge in [-0.1, -0.05) is 17.7 Å². The molecule has 1 unspecified atom stereocenters. The fourth-order valence-electron chi connectivity index (χ4n) is 2.93. The van der Waals surface area contributed by atoms with Gasteiger partial charge in [0, 0.05) is 25.3 Å². The fourth-order valence-corrected chi connectivity index (χ4v) is 2.93. The van der Waals surface area contributed by atoms with Crippen molar-refractivity contribution in [1.82, 2.24) is 9.80 Å². The van der Waals surface area contributed by atoms with E-state index in [2.05, 4.69) is 6.07 Å². The number of hydrogen-bond acceptors (Lipinski definition) is 5. The second-order valence-electron chi connectivity index (χ2n) is 6.82. The molecule has 0 N–H and O–H groups in total. The highest BCUT2D eigenvalue weighted by molar-refractivity contribution is 5.97. The number of amides is 2. The van der Waals surface area contributed by atoms with Crippen LogP contribution >= 0.6 is 0 Å². The number of hydrogen-bond donors (Lipinski definition) is 0. The molecule has 1 fully saturated rings. The Bertz CT molecular complexity index is 677. The molecule has 0 spiro atoms. The Balaban J connectivity index is 2.04. The van der Waals surface area contributed by atoms with E-state index in [9.17, 15) is 9.59 Å². The van der Waals surface area contributed by atoms with E-state index in [-0.39, 0.29) is 24.8 Å². The summed E-state index contributed by atoms with van der Waals surface area (Å²) < 4.78 is 5.27. The highest BCUT2D eigenvalue weighted by atomic mass is 16.5. The van der Waals surface area contributed by atoms with Crippen LogP contribution in [0.25, 0.3) is 0 Å². The number of morpholine rings is 1. The van der Waals surface area contributed by atoms with Crippen molar-refractivity contribution in [1.29, 1.82) is 5.26 Å². The van der Waals surface area contributed by atoms with E-state index >= 15 is 0 Å². The van der Waals surface area contributed by atoms with Crippen LogP contribution in [0.15, 0.2) is 24.3 Å². The third-order valence-corrected chi connectivity index (χ3v) is 4.83. The largest absolute Gasteiger partial charge is 0.378 e. The monoisotopic (exact) mass is 372 g/mol. The fraction of sp³-hybridized carbons (Fsp3) is 0.550. The highest BCUT2D eigenvalue weighted by Crippen LogP contribution is 2.18. The summed E-state index contributed by atoms with van der Waals surface area (Å²) in [4.78, 5) is 30.7. The Labute approximate surface area is 161 Å². The van der Waals surface area contributed by atoms with Crippen LogP contribution in [0.2, 0.25) is 0 Å². The molecule has 2 rings (SSSR count). The third kappa shape index (κ3) is 5.78. The Morgan fingerprint density at radius 3 is 2.48 bits per heavy atom. The first-order chi connectivity index (χ1) is 12.9. The molecule has 1 aromatic rings. The van der Waals surface area contributed by atoms with Gasteiger partial charge in [0.2, 0.25) is 11.8 Å². The normalized spacial score (nSPS) is 15.3. The first-order valence-corrected chi connectivity index (χ1v) is 9.24. The average Bonchev–Trinajstić information content (AvgIpc) is 2.69. The maximum Gasteiger partial charge on any atom is 0.244 e. The molecule has 1 atom stereocenters. The SMILES string of the molecule is Cc1ccc(N(CCC#N)C(=O)C(C)N(C)CC(=O)N2CCOCC2)cc1.